The van der Waals surface area contributed by atoms with E-state index >= 15 is 0 Å². The summed E-state index contributed by atoms with van der Waals surface area (Å²) in [4.78, 5) is 38.2. The summed E-state index contributed by atoms with van der Waals surface area (Å²) in [6.07, 6.45) is 70.6. The van der Waals surface area contributed by atoms with E-state index in [-0.39, 0.29) is 31.1 Å². The van der Waals surface area contributed by atoms with E-state index in [0.717, 1.165) is 96.3 Å². The molecule has 1 atom stereocenters. The van der Waals surface area contributed by atoms with Gasteiger partial charge in [-0.1, -0.05) is 261 Å². The molecule has 0 aromatic heterocycles. The number of hydrogen-bond acceptors (Lipinski definition) is 6. The zero-order valence-electron chi connectivity index (χ0n) is 45.1. The van der Waals surface area contributed by atoms with Crippen LogP contribution in [0.15, 0.2) is 60.8 Å². The molecule has 0 aliphatic carbocycles. The van der Waals surface area contributed by atoms with Crippen molar-refractivity contribution < 1.29 is 28.6 Å². The van der Waals surface area contributed by atoms with Gasteiger partial charge in [0, 0.05) is 19.3 Å². The van der Waals surface area contributed by atoms with Crippen molar-refractivity contribution in [3.63, 3.8) is 0 Å². The smallest absolute Gasteiger partial charge is 0.306 e. The lowest BCUT2D eigenvalue weighted by Crippen LogP contribution is -2.30. The molecular weight excluding hydrogens is 841 g/mol. The molecule has 0 aliphatic heterocycles. The summed E-state index contributed by atoms with van der Waals surface area (Å²) in [5.74, 6) is -0.888. The number of ether oxygens (including phenoxy) is 3. The third-order valence-electron chi connectivity index (χ3n) is 12.8. The number of carbonyl (C=O) groups excluding carboxylic acids is 3. The van der Waals surface area contributed by atoms with Gasteiger partial charge < -0.3 is 14.2 Å². The maximum absolute atomic E-state index is 12.9. The highest BCUT2D eigenvalue weighted by molar-refractivity contribution is 5.71. The van der Waals surface area contributed by atoms with Crippen molar-refractivity contribution >= 4 is 17.9 Å². The van der Waals surface area contributed by atoms with Crippen LogP contribution in [-0.2, 0) is 28.6 Å². The van der Waals surface area contributed by atoms with Crippen molar-refractivity contribution in [1.82, 2.24) is 0 Å². The minimum atomic E-state index is -0.783. The molecule has 0 aromatic carbocycles. The van der Waals surface area contributed by atoms with Crippen molar-refractivity contribution in [3.8, 4) is 0 Å². The summed E-state index contributed by atoms with van der Waals surface area (Å²) in [7, 11) is 0. The van der Waals surface area contributed by atoms with E-state index in [1.165, 1.54) is 161 Å². The van der Waals surface area contributed by atoms with Gasteiger partial charge >= 0.3 is 17.9 Å². The molecule has 0 saturated carbocycles. The van der Waals surface area contributed by atoms with Gasteiger partial charge in [0.1, 0.15) is 13.2 Å². The predicted octanol–water partition coefficient (Wildman–Crippen LogP) is 19.6. The van der Waals surface area contributed by atoms with Crippen LogP contribution in [0.1, 0.15) is 297 Å². The Balaban J connectivity index is 4.38. The minimum absolute atomic E-state index is 0.0795. The van der Waals surface area contributed by atoms with Crippen molar-refractivity contribution in [1.29, 1.82) is 0 Å². The van der Waals surface area contributed by atoms with E-state index in [0.29, 0.717) is 19.3 Å². The van der Waals surface area contributed by atoms with E-state index in [4.69, 9.17) is 14.2 Å². The summed E-state index contributed by atoms with van der Waals surface area (Å²) in [5.41, 5.74) is 0. The first-order valence-corrected chi connectivity index (χ1v) is 29.3. The molecular formula is C62H110O6. The molecule has 0 aromatic rings. The van der Waals surface area contributed by atoms with Gasteiger partial charge in [0.15, 0.2) is 6.10 Å². The number of rotatable bonds is 53. The van der Waals surface area contributed by atoms with Gasteiger partial charge in [-0.2, -0.15) is 0 Å². The van der Waals surface area contributed by atoms with Crippen LogP contribution < -0.4 is 0 Å². The Morgan fingerprint density at radius 1 is 0.324 bits per heavy atom. The highest BCUT2D eigenvalue weighted by Crippen LogP contribution is 2.16. The van der Waals surface area contributed by atoms with E-state index in [1.807, 2.05) is 0 Å². The van der Waals surface area contributed by atoms with Crippen molar-refractivity contribution in [3.05, 3.63) is 60.8 Å². The van der Waals surface area contributed by atoms with Crippen molar-refractivity contribution in [2.24, 2.45) is 0 Å². The average molecular weight is 952 g/mol. The lowest BCUT2D eigenvalue weighted by molar-refractivity contribution is -0.167. The van der Waals surface area contributed by atoms with Gasteiger partial charge in [0.2, 0.25) is 0 Å². The average Bonchev–Trinajstić information content (AvgIpc) is 3.34. The molecule has 0 rings (SSSR count). The van der Waals surface area contributed by atoms with Gasteiger partial charge in [-0.3, -0.25) is 14.4 Å². The maximum Gasteiger partial charge on any atom is 0.306 e. The first-order chi connectivity index (χ1) is 33.5. The second-order valence-electron chi connectivity index (χ2n) is 19.6. The Bertz CT molecular complexity index is 1230. The van der Waals surface area contributed by atoms with Crippen LogP contribution in [0.3, 0.4) is 0 Å². The SMILES string of the molecule is CC/C=C\C/C=C\C/C=C\CCCCCCCCCCCC(=O)OCC(COC(=O)CCCCCCCCCCCCCCC)OC(=O)CCCCCCC/C=C\C=C/CCCCCCCCC. The molecule has 0 radical (unpaired) electrons. The van der Waals surface area contributed by atoms with E-state index in [1.54, 1.807) is 0 Å². The molecule has 0 bridgehead atoms. The van der Waals surface area contributed by atoms with E-state index in [9.17, 15) is 14.4 Å². The van der Waals surface area contributed by atoms with Gasteiger partial charge in [0.25, 0.3) is 0 Å². The van der Waals surface area contributed by atoms with Crippen LogP contribution in [0.4, 0.5) is 0 Å². The normalized spacial score (nSPS) is 12.5. The van der Waals surface area contributed by atoms with E-state index < -0.39 is 6.10 Å². The van der Waals surface area contributed by atoms with Crippen LogP contribution in [0.5, 0.6) is 0 Å². The lowest BCUT2D eigenvalue weighted by atomic mass is 10.0. The fourth-order valence-corrected chi connectivity index (χ4v) is 8.39. The Morgan fingerprint density at radius 2 is 0.618 bits per heavy atom. The minimum Gasteiger partial charge on any atom is -0.462 e. The highest BCUT2D eigenvalue weighted by atomic mass is 16.6. The molecule has 0 fully saturated rings. The fourth-order valence-electron chi connectivity index (χ4n) is 8.39. The lowest BCUT2D eigenvalue weighted by Gasteiger charge is -2.18. The number of esters is 3. The molecule has 6 heteroatoms. The van der Waals surface area contributed by atoms with Gasteiger partial charge in [-0.15, -0.1) is 0 Å². The van der Waals surface area contributed by atoms with Crippen molar-refractivity contribution in [2.75, 3.05) is 13.2 Å². The van der Waals surface area contributed by atoms with Crippen LogP contribution in [-0.4, -0.2) is 37.2 Å². The summed E-state index contributed by atoms with van der Waals surface area (Å²) in [5, 5.41) is 0. The largest absolute Gasteiger partial charge is 0.462 e. The van der Waals surface area contributed by atoms with Crippen LogP contribution in [0.2, 0.25) is 0 Å². The molecule has 1 unspecified atom stereocenters. The summed E-state index contributed by atoms with van der Waals surface area (Å²) < 4.78 is 16.9. The maximum atomic E-state index is 12.9. The van der Waals surface area contributed by atoms with Crippen LogP contribution >= 0.6 is 0 Å². The molecule has 394 valence electrons. The number of carbonyl (C=O) groups is 3. The molecule has 68 heavy (non-hydrogen) atoms. The highest BCUT2D eigenvalue weighted by Gasteiger charge is 2.19. The second-order valence-corrected chi connectivity index (χ2v) is 19.6. The number of allylic oxidation sites excluding steroid dienone is 10. The Hall–Kier alpha value is -2.89. The quantitative estimate of drug-likeness (QED) is 0.0199. The molecule has 0 spiro atoms. The first-order valence-electron chi connectivity index (χ1n) is 29.3. The molecule has 0 aliphatic rings. The molecule has 0 saturated heterocycles. The third kappa shape index (κ3) is 54.1. The Labute approximate surface area is 421 Å². The number of unbranched alkanes of at least 4 members (excludes halogenated alkanes) is 33. The van der Waals surface area contributed by atoms with E-state index in [2.05, 4.69) is 81.5 Å². The Kier molecular flexibility index (Phi) is 54.3. The van der Waals surface area contributed by atoms with Crippen LogP contribution in [0.25, 0.3) is 0 Å². The zero-order chi connectivity index (χ0) is 49.3. The topological polar surface area (TPSA) is 78.9 Å². The second kappa shape index (κ2) is 56.7. The fraction of sp³-hybridized carbons (Fsp3) is 0.790. The molecule has 0 N–H and O–H groups in total. The molecule has 6 nitrogen and oxygen atoms in total. The summed E-state index contributed by atoms with van der Waals surface area (Å²) in [6.45, 7) is 6.54. The third-order valence-corrected chi connectivity index (χ3v) is 12.8. The zero-order valence-corrected chi connectivity index (χ0v) is 45.1. The van der Waals surface area contributed by atoms with Gasteiger partial charge in [0.05, 0.1) is 0 Å². The predicted molar refractivity (Wildman–Crippen MR) is 293 cm³/mol. The van der Waals surface area contributed by atoms with Crippen LogP contribution in [0, 0.1) is 0 Å². The van der Waals surface area contributed by atoms with Gasteiger partial charge in [-0.05, 0) is 77.0 Å². The standard InChI is InChI=1S/C62H110O6/c1-4-7-10-13-16-19-22-25-27-29-31-33-34-37-40-43-46-49-52-55-61(64)67-58-59(57-66-60(63)54-51-48-45-42-39-36-24-21-18-15-12-9-6-3)68-62(65)56-53-50-47-44-41-38-35-32-30-28-26-23-20-17-14-11-8-5-2/h7,10,16,19,25,27-28,30,32,35,59H,4-6,8-9,11-15,17-18,20-24,26,29,31,33-34,36-58H2,1-3H3/b10-7-,19-16-,27-25-,30-28-,35-32-. The summed E-state index contributed by atoms with van der Waals surface area (Å²) in [6, 6.07) is 0. The number of hydrogen-bond donors (Lipinski definition) is 0. The molecule has 0 amide bonds. The summed E-state index contributed by atoms with van der Waals surface area (Å²) >= 11 is 0. The Morgan fingerprint density at radius 3 is 0.985 bits per heavy atom. The molecule has 0 heterocycles. The monoisotopic (exact) mass is 951 g/mol. The van der Waals surface area contributed by atoms with Crippen molar-refractivity contribution in [2.45, 2.75) is 303 Å². The van der Waals surface area contributed by atoms with Gasteiger partial charge in [-0.25, -0.2) is 0 Å². The first kappa shape index (κ1) is 65.1.